The lowest BCUT2D eigenvalue weighted by atomic mass is 10.1. The van der Waals surface area contributed by atoms with Crippen LogP contribution in [0.1, 0.15) is 49.1 Å². The van der Waals surface area contributed by atoms with E-state index in [1.165, 1.54) is 12.1 Å². The van der Waals surface area contributed by atoms with Gasteiger partial charge in [-0.2, -0.15) is 13.2 Å². The lowest BCUT2D eigenvalue weighted by Crippen LogP contribution is -2.47. The van der Waals surface area contributed by atoms with E-state index in [9.17, 15) is 22.8 Å². The molecular formula is C19H21F3N2O2. The van der Waals surface area contributed by atoms with Crippen molar-refractivity contribution in [2.24, 2.45) is 5.92 Å². The van der Waals surface area contributed by atoms with Crippen molar-refractivity contribution in [2.45, 2.75) is 56.3 Å². The third-order valence-electron chi connectivity index (χ3n) is 5.54. The second-order valence-corrected chi connectivity index (χ2v) is 7.54. The molecule has 0 aromatic heterocycles. The Morgan fingerprint density at radius 2 is 1.77 bits per heavy atom. The molecule has 3 atom stereocenters. The maximum absolute atomic E-state index is 12.8. The second kappa shape index (κ2) is 6.28. The van der Waals surface area contributed by atoms with Crippen molar-refractivity contribution >= 4 is 11.8 Å². The second-order valence-electron chi connectivity index (χ2n) is 7.54. The molecule has 1 heterocycles. The van der Waals surface area contributed by atoms with E-state index < -0.39 is 17.8 Å². The highest BCUT2D eigenvalue weighted by atomic mass is 19.4. The molecule has 1 aliphatic heterocycles. The minimum atomic E-state index is -4.35. The Balaban J connectivity index is 1.39. The highest BCUT2D eigenvalue weighted by molar-refractivity contribution is 5.91. The maximum Gasteiger partial charge on any atom is 0.416 e. The number of likely N-dealkylation sites (tertiary alicyclic amines) is 1. The molecule has 3 unspecified atom stereocenters. The highest BCUT2D eigenvalue weighted by Crippen LogP contribution is 2.49. The predicted octanol–water partition coefficient (Wildman–Crippen LogP) is 3.08. The number of nitrogens with zero attached hydrogens (tertiary/aromatic N) is 1. The molecular weight excluding hydrogens is 345 g/mol. The topological polar surface area (TPSA) is 49.4 Å². The normalized spacial score (nSPS) is 28.1. The van der Waals surface area contributed by atoms with Crippen molar-refractivity contribution in [3.05, 3.63) is 35.4 Å². The SMILES string of the molecule is O=C(NC1CC1)C1CCCN1C(=O)C1CC1c1ccc(C(F)(F)F)cc1. The monoisotopic (exact) mass is 366 g/mol. The number of hydrogen-bond donors (Lipinski definition) is 1. The lowest BCUT2D eigenvalue weighted by molar-refractivity contribution is -0.139. The van der Waals surface area contributed by atoms with Crippen molar-refractivity contribution in [2.75, 3.05) is 6.54 Å². The van der Waals surface area contributed by atoms with Crippen molar-refractivity contribution in [3.63, 3.8) is 0 Å². The Morgan fingerprint density at radius 1 is 1.08 bits per heavy atom. The van der Waals surface area contributed by atoms with E-state index in [0.29, 0.717) is 19.4 Å². The van der Waals surface area contributed by atoms with Crippen LogP contribution in [0.3, 0.4) is 0 Å². The van der Waals surface area contributed by atoms with Gasteiger partial charge in [0.05, 0.1) is 5.56 Å². The first-order valence-corrected chi connectivity index (χ1v) is 9.12. The Bertz CT molecular complexity index is 712. The summed E-state index contributed by atoms with van der Waals surface area (Å²) in [5.74, 6) is -0.369. The number of amides is 2. The summed E-state index contributed by atoms with van der Waals surface area (Å²) in [6, 6.07) is 4.93. The van der Waals surface area contributed by atoms with E-state index >= 15 is 0 Å². The van der Waals surface area contributed by atoms with Gasteiger partial charge in [0.1, 0.15) is 6.04 Å². The minimum Gasteiger partial charge on any atom is -0.352 e. The van der Waals surface area contributed by atoms with Gasteiger partial charge in [-0.05, 0) is 55.7 Å². The largest absolute Gasteiger partial charge is 0.416 e. The predicted molar refractivity (Wildman–Crippen MR) is 88.2 cm³/mol. The molecule has 1 N–H and O–H groups in total. The molecule has 3 fully saturated rings. The number of rotatable bonds is 4. The van der Waals surface area contributed by atoms with Gasteiger partial charge in [0.2, 0.25) is 11.8 Å². The van der Waals surface area contributed by atoms with Gasteiger partial charge in [-0.25, -0.2) is 0 Å². The average molecular weight is 366 g/mol. The van der Waals surface area contributed by atoms with Crippen LogP contribution in [0.25, 0.3) is 0 Å². The van der Waals surface area contributed by atoms with Crippen LogP contribution in [-0.2, 0) is 15.8 Å². The van der Waals surface area contributed by atoms with E-state index in [1.807, 2.05) is 0 Å². The Labute approximate surface area is 149 Å². The quantitative estimate of drug-likeness (QED) is 0.890. The van der Waals surface area contributed by atoms with Crippen molar-refractivity contribution in [3.8, 4) is 0 Å². The van der Waals surface area contributed by atoms with Crippen molar-refractivity contribution < 1.29 is 22.8 Å². The summed E-state index contributed by atoms with van der Waals surface area (Å²) < 4.78 is 38.0. The van der Waals surface area contributed by atoms with Crippen molar-refractivity contribution in [1.82, 2.24) is 10.2 Å². The number of hydrogen-bond acceptors (Lipinski definition) is 2. The molecule has 1 saturated heterocycles. The molecule has 7 heteroatoms. The molecule has 0 bridgehead atoms. The van der Waals surface area contributed by atoms with Crippen LogP contribution >= 0.6 is 0 Å². The van der Waals surface area contributed by atoms with Crippen LogP contribution in [0, 0.1) is 5.92 Å². The van der Waals surface area contributed by atoms with E-state index in [-0.39, 0.29) is 29.7 Å². The lowest BCUT2D eigenvalue weighted by Gasteiger charge is -2.24. The first-order valence-electron chi connectivity index (χ1n) is 9.12. The third kappa shape index (κ3) is 3.44. The fourth-order valence-corrected chi connectivity index (χ4v) is 3.80. The Morgan fingerprint density at radius 3 is 2.38 bits per heavy atom. The van der Waals surface area contributed by atoms with E-state index in [1.54, 1.807) is 4.90 Å². The Kier molecular flexibility index (Phi) is 4.20. The fraction of sp³-hybridized carbons (Fsp3) is 0.579. The van der Waals surface area contributed by atoms with E-state index in [0.717, 1.165) is 37.0 Å². The summed E-state index contributed by atoms with van der Waals surface area (Å²) in [4.78, 5) is 26.8. The van der Waals surface area contributed by atoms with E-state index in [4.69, 9.17) is 0 Å². The molecule has 0 spiro atoms. The van der Waals surface area contributed by atoms with Gasteiger partial charge < -0.3 is 10.2 Å². The first-order chi connectivity index (χ1) is 12.3. The zero-order chi connectivity index (χ0) is 18.5. The van der Waals surface area contributed by atoms with Gasteiger partial charge in [0.15, 0.2) is 0 Å². The molecule has 2 saturated carbocycles. The molecule has 4 rings (SSSR count). The molecule has 1 aromatic rings. The minimum absolute atomic E-state index is 0.0386. The Hall–Kier alpha value is -2.05. The summed E-state index contributed by atoms with van der Waals surface area (Å²) >= 11 is 0. The van der Waals surface area contributed by atoms with Gasteiger partial charge in [-0.1, -0.05) is 12.1 Å². The maximum atomic E-state index is 12.8. The van der Waals surface area contributed by atoms with Crippen LogP contribution in [0.4, 0.5) is 13.2 Å². The van der Waals surface area contributed by atoms with E-state index in [2.05, 4.69) is 5.32 Å². The third-order valence-corrected chi connectivity index (χ3v) is 5.54. The molecule has 0 radical (unpaired) electrons. The van der Waals surface area contributed by atoms with Gasteiger partial charge in [0, 0.05) is 18.5 Å². The molecule has 1 aromatic carbocycles. The number of carbonyl (C=O) groups excluding carboxylic acids is 2. The molecule has 2 amide bonds. The van der Waals surface area contributed by atoms with Crippen LogP contribution < -0.4 is 5.32 Å². The number of halogens is 3. The zero-order valence-electron chi connectivity index (χ0n) is 14.3. The number of benzene rings is 1. The van der Waals surface area contributed by atoms with Gasteiger partial charge in [-0.3, -0.25) is 9.59 Å². The van der Waals surface area contributed by atoms with Crippen molar-refractivity contribution in [1.29, 1.82) is 0 Å². The first kappa shape index (κ1) is 17.4. The summed E-state index contributed by atoms with van der Waals surface area (Å²) in [6.07, 6.45) is -0.211. The summed E-state index contributed by atoms with van der Waals surface area (Å²) in [5, 5.41) is 2.96. The zero-order valence-corrected chi connectivity index (χ0v) is 14.3. The molecule has 4 nitrogen and oxygen atoms in total. The van der Waals surface area contributed by atoms with Crippen LogP contribution in [0.2, 0.25) is 0 Å². The van der Waals surface area contributed by atoms with Crippen LogP contribution in [0.15, 0.2) is 24.3 Å². The molecule has 140 valence electrons. The van der Waals surface area contributed by atoms with Crippen LogP contribution in [-0.4, -0.2) is 35.3 Å². The smallest absolute Gasteiger partial charge is 0.352 e. The number of nitrogens with one attached hydrogen (secondary N) is 1. The van der Waals surface area contributed by atoms with Gasteiger partial charge >= 0.3 is 6.18 Å². The summed E-state index contributed by atoms with van der Waals surface area (Å²) in [7, 11) is 0. The molecule has 26 heavy (non-hydrogen) atoms. The average Bonchev–Trinajstić information content (AvgIpc) is 3.51. The molecule has 2 aliphatic carbocycles. The standard InChI is InChI=1S/C19H21F3N2O2/c20-19(21,22)12-5-3-11(4-6-12)14-10-15(14)18(26)24-9-1-2-16(24)17(25)23-13-7-8-13/h3-6,13-16H,1-2,7-10H2,(H,23,25). The fourth-order valence-electron chi connectivity index (χ4n) is 3.80. The van der Waals surface area contributed by atoms with Gasteiger partial charge in [0.25, 0.3) is 0 Å². The van der Waals surface area contributed by atoms with Gasteiger partial charge in [-0.15, -0.1) is 0 Å². The van der Waals surface area contributed by atoms with Crippen LogP contribution in [0.5, 0.6) is 0 Å². The summed E-state index contributed by atoms with van der Waals surface area (Å²) in [5.41, 5.74) is 0.0793. The summed E-state index contributed by atoms with van der Waals surface area (Å²) in [6.45, 7) is 0.581. The number of carbonyl (C=O) groups is 2. The highest BCUT2D eigenvalue weighted by Gasteiger charge is 2.49. The molecule has 3 aliphatic rings. The number of alkyl halides is 3.